The zero-order valence-corrected chi connectivity index (χ0v) is 14.1. The van der Waals surface area contributed by atoms with E-state index in [-0.39, 0.29) is 23.3 Å². The Bertz CT molecular complexity index is 794. The van der Waals surface area contributed by atoms with Crippen molar-refractivity contribution >= 4 is 11.8 Å². The van der Waals surface area contributed by atoms with E-state index in [1.54, 1.807) is 30.3 Å². The average Bonchev–Trinajstić information content (AvgIpc) is 3.20. The predicted octanol–water partition coefficient (Wildman–Crippen LogP) is 1.66. The molecule has 4 heterocycles. The Morgan fingerprint density at radius 2 is 2.04 bits per heavy atom. The highest BCUT2D eigenvalue weighted by atomic mass is 16.5. The molecule has 0 unspecified atom stereocenters. The van der Waals surface area contributed by atoms with Crippen LogP contribution in [0.5, 0.6) is 0 Å². The highest BCUT2D eigenvalue weighted by Gasteiger charge is 2.46. The summed E-state index contributed by atoms with van der Waals surface area (Å²) in [5.41, 5.74) is 1.13. The van der Waals surface area contributed by atoms with Gasteiger partial charge < -0.3 is 14.7 Å². The van der Waals surface area contributed by atoms with Crippen LogP contribution in [-0.4, -0.2) is 45.5 Å². The third-order valence-corrected chi connectivity index (χ3v) is 5.26. The summed E-state index contributed by atoms with van der Waals surface area (Å²) in [6.07, 6.45) is 5.70. The number of carbonyl (C=O) groups excluding carboxylic acids is 2. The van der Waals surface area contributed by atoms with Crippen molar-refractivity contribution in [3.63, 3.8) is 0 Å². The van der Waals surface area contributed by atoms with Gasteiger partial charge in [0, 0.05) is 37.1 Å². The minimum Gasteiger partial charge on any atom is -0.361 e. The van der Waals surface area contributed by atoms with Crippen LogP contribution in [0.25, 0.3) is 0 Å². The molecule has 0 bridgehead atoms. The SMILES string of the molecule is Cc1cc(C(=O)N2CCC3(CC2)C[C@@H](c2ccncc2)C(=O)N3)no1. The molecule has 1 spiro atoms. The number of aryl methyl sites for hydroxylation is 1. The molecule has 1 N–H and O–H groups in total. The number of piperidine rings is 1. The first-order chi connectivity index (χ1) is 12.1. The molecule has 2 aliphatic heterocycles. The Labute approximate surface area is 145 Å². The Kier molecular flexibility index (Phi) is 3.78. The lowest BCUT2D eigenvalue weighted by Gasteiger charge is -2.39. The lowest BCUT2D eigenvalue weighted by Crippen LogP contribution is -2.52. The summed E-state index contributed by atoms with van der Waals surface area (Å²) >= 11 is 0. The quantitative estimate of drug-likeness (QED) is 0.898. The van der Waals surface area contributed by atoms with Crippen molar-refractivity contribution < 1.29 is 14.1 Å². The molecule has 0 aromatic carbocycles. The summed E-state index contributed by atoms with van der Waals surface area (Å²) in [4.78, 5) is 30.7. The molecule has 0 aliphatic carbocycles. The van der Waals surface area contributed by atoms with Gasteiger partial charge in [-0.15, -0.1) is 0 Å². The summed E-state index contributed by atoms with van der Waals surface area (Å²) in [6, 6.07) is 5.45. The fraction of sp³-hybridized carbons (Fsp3) is 0.444. The standard InChI is InChI=1S/C18H20N4O3/c1-12-10-15(21-25-12)17(24)22-8-4-18(5-9-22)11-14(16(23)20-18)13-2-6-19-7-3-13/h2-3,6-7,10,14H,4-5,8-9,11H2,1H3,(H,20,23)/t14-/m0/s1. The Morgan fingerprint density at radius 3 is 2.68 bits per heavy atom. The van der Waals surface area contributed by atoms with E-state index < -0.39 is 0 Å². The smallest absolute Gasteiger partial charge is 0.276 e. The van der Waals surface area contributed by atoms with Crippen LogP contribution in [0.2, 0.25) is 0 Å². The fourth-order valence-electron chi connectivity index (χ4n) is 3.84. The minimum atomic E-state index is -0.221. The van der Waals surface area contributed by atoms with Crippen molar-refractivity contribution in [2.45, 2.75) is 37.6 Å². The summed E-state index contributed by atoms with van der Waals surface area (Å²) in [7, 11) is 0. The summed E-state index contributed by atoms with van der Waals surface area (Å²) in [6.45, 7) is 2.98. The van der Waals surface area contributed by atoms with Crippen LogP contribution in [0.15, 0.2) is 35.1 Å². The minimum absolute atomic E-state index is 0.0677. The van der Waals surface area contributed by atoms with Crippen LogP contribution in [0.1, 0.15) is 47.0 Å². The third kappa shape index (κ3) is 2.90. The van der Waals surface area contributed by atoms with E-state index in [4.69, 9.17) is 4.52 Å². The van der Waals surface area contributed by atoms with Crippen LogP contribution >= 0.6 is 0 Å². The molecule has 2 aromatic heterocycles. The monoisotopic (exact) mass is 340 g/mol. The van der Waals surface area contributed by atoms with Crippen molar-refractivity contribution in [3.05, 3.63) is 47.6 Å². The number of nitrogens with zero attached hydrogens (tertiary/aromatic N) is 3. The second-order valence-electron chi connectivity index (χ2n) is 6.92. The molecular weight excluding hydrogens is 320 g/mol. The topological polar surface area (TPSA) is 88.3 Å². The Morgan fingerprint density at radius 1 is 1.32 bits per heavy atom. The molecule has 7 nitrogen and oxygen atoms in total. The average molecular weight is 340 g/mol. The van der Waals surface area contributed by atoms with Crippen molar-refractivity contribution in [2.75, 3.05) is 13.1 Å². The van der Waals surface area contributed by atoms with Crippen LogP contribution in [0, 0.1) is 6.92 Å². The van der Waals surface area contributed by atoms with Crippen LogP contribution < -0.4 is 5.32 Å². The second-order valence-corrected chi connectivity index (χ2v) is 6.92. The molecule has 2 saturated heterocycles. The van der Waals surface area contributed by atoms with Gasteiger partial charge in [0.2, 0.25) is 5.91 Å². The summed E-state index contributed by atoms with van der Waals surface area (Å²) in [5.74, 6) is 0.448. The number of aromatic nitrogens is 2. The molecule has 2 aromatic rings. The maximum atomic E-state index is 12.5. The molecule has 130 valence electrons. The van der Waals surface area contributed by atoms with Gasteiger partial charge in [-0.1, -0.05) is 5.16 Å². The van der Waals surface area contributed by atoms with Gasteiger partial charge in [0.25, 0.3) is 5.91 Å². The number of likely N-dealkylation sites (tertiary alicyclic amines) is 1. The van der Waals surface area contributed by atoms with Crippen molar-refractivity contribution in [2.24, 2.45) is 0 Å². The maximum Gasteiger partial charge on any atom is 0.276 e. The van der Waals surface area contributed by atoms with Crippen LogP contribution in [-0.2, 0) is 4.79 Å². The van der Waals surface area contributed by atoms with E-state index in [2.05, 4.69) is 15.5 Å². The van der Waals surface area contributed by atoms with E-state index in [0.717, 1.165) is 24.8 Å². The molecule has 2 amide bonds. The van der Waals surface area contributed by atoms with Gasteiger partial charge in [-0.25, -0.2) is 0 Å². The third-order valence-electron chi connectivity index (χ3n) is 5.26. The van der Waals surface area contributed by atoms with Crippen molar-refractivity contribution in [1.29, 1.82) is 0 Å². The molecular formula is C18H20N4O3. The molecule has 4 rings (SSSR count). The van der Waals surface area contributed by atoms with E-state index >= 15 is 0 Å². The first kappa shape index (κ1) is 15.8. The molecule has 1 atom stereocenters. The fourth-order valence-corrected chi connectivity index (χ4v) is 3.84. The molecule has 7 heteroatoms. The zero-order valence-electron chi connectivity index (χ0n) is 14.1. The zero-order chi connectivity index (χ0) is 17.4. The van der Waals surface area contributed by atoms with Crippen molar-refractivity contribution in [1.82, 2.24) is 20.4 Å². The summed E-state index contributed by atoms with van der Waals surface area (Å²) in [5, 5.41) is 6.99. The largest absolute Gasteiger partial charge is 0.361 e. The van der Waals surface area contributed by atoms with Gasteiger partial charge in [0.05, 0.1) is 5.92 Å². The van der Waals surface area contributed by atoms with Crippen LogP contribution in [0.3, 0.4) is 0 Å². The number of amides is 2. The lowest BCUT2D eigenvalue weighted by atomic mass is 9.82. The van der Waals surface area contributed by atoms with E-state index in [1.165, 1.54) is 0 Å². The number of nitrogens with one attached hydrogen (secondary N) is 1. The first-order valence-corrected chi connectivity index (χ1v) is 8.51. The lowest BCUT2D eigenvalue weighted by molar-refractivity contribution is -0.121. The second kappa shape index (κ2) is 5.98. The molecule has 2 fully saturated rings. The molecule has 0 radical (unpaired) electrons. The highest BCUT2D eigenvalue weighted by Crippen LogP contribution is 2.39. The van der Waals surface area contributed by atoms with Gasteiger partial charge in [0.15, 0.2) is 5.69 Å². The number of rotatable bonds is 2. The van der Waals surface area contributed by atoms with Gasteiger partial charge in [-0.2, -0.15) is 0 Å². The molecule has 2 aliphatic rings. The van der Waals surface area contributed by atoms with Crippen molar-refractivity contribution in [3.8, 4) is 0 Å². The Balaban J connectivity index is 1.43. The normalized spacial score (nSPS) is 22.2. The molecule has 0 saturated carbocycles. The first-order valence-electron chi connectivity index (χ1n) is 8.51. The highest BCUT2D eigenvalue weighted by molar-refractivity contribution is 5.92. The molecule has 25 heavy (non-hydrogen) atoms. The summed E-state index contributed by atoms with van der Waals surface area (Å²) < 4.78 is 4.99. The van der Waals surface area contributed by atoms with E-state index in [1.807, 2.05) is 12.1 Å². The number of hydrogen-bond acceptors (Lipinski definition) is 5. The van der Waals surface area contributed by atoms with E-state index in [9.17, 15) is 9.59 Å². The van der Waals surface area contributed by atoms with Gasteiger partial charge >= 0.3 is 0 Å². The maximum absolute atomic E-state index is 12.5. The van der Waals surface area contributed by atoms with Crippen LogP contribution in [0.4, 0.5) is 0 Å². The Hall–Kier alpha value is -2.70. The van der Waals surface area contributed by atoms with Gasteiger partial charge in [-0.05, 0) is 43.9 Å². The predicted molar refractivity (Wildman–Crippen MR) is 88.8 cm³/mol. The number of carbonyl (C=O) groups is 2. The van der Waals surface area contributed by atoms with E-state index in [0.29, 0.717) is 24.5 Å². The van der Waals surface area contributed by atoms with Gasteiger partial charge in [-0.3, -0.25) is 14.6 Å². The number of pyridine rings is 1. The number of hydrogen-bond donors (Lipinski definition) is 1. The van der Waals surface area contributed by atoms with Gasteiger partial charge in [0.1, 0.15) is 5.76 Å².